The minimum atomic E-state index is -3.97. The summed E-state index contributed by atoms with van der Waals surface area (Å²) in [6, 6.07) is 22.9. The number of rotatable bonds is 7. The van der Waals surface area contributed by atoms with Crippen LogP contribution in [0.2, 0.25) is 0 Å². The SMILES string of the molecule is Cc1ccc(N(CC(=O)Nc2nnc(-c3ccccc3)s2)S(=O)(=O)c2ccccc2)cc1C. The molecule has 0 bridgehead atoms. The Balaban J connectivity index is 1.61. The van der Waals surface area contributed by atoms with E-state index in [1.54, 1.807) is 30.3 Å². The van der Waals surface area contributed by atoms with Gasteiger partial charge in [0.1, 0.15) is 11.6 Å². The maximum atomic E-state index is 13.4. The molecule has 1 aromatic heterocycles. The molecule has 1 heterocycles. The fourth-order valence-electron chi connectivity index (χ4n) is 3.18. The van der Waals surface area contributed by atoms with Gasteiger partial charge in [-0.25, -0.2) is 8.42 Å². The lowest BCUT2D eigenvalue weighted by Crippen LogP contribution is -2.38. The van der Waals surface area contributed by atoms with Gasteiger partial charge >= 0.3 is 0 Å². The van der Waals surface area contributed by atoms with Crippen molar-refractivity contribution in [3.8, 4) is 10.6 Å². The number of hydrogen-bond donors (Lipinski definition) is 1. The summed E-state index contributed by atoms with van der Waals surface area (Å²) in [5.74, 6) is -0.511. The van der Waals surface area contributed by atoms with Crippen molar-refractivity contribution in [1.82, 2.24) is 10.2 Å². The number of aryl methyl sites for hydroxylation is 2. The molecule has 4 aromatic rings. The zero-order chi connectivity index (χ0) is 23.4. The molecule has 0 fully saturated rings. The molecule has 0 saturated carbocycles. The lowest BCUT2D eigenvalue weighted by atomic mass is 10.1. The Bertz CT molecular complexity index is 1370. The average Bonchev–Trinajstić information content (AvgIpc) is 3.29. The van der Waals surface area contributed by atoms with Gasteiger partial charge in [-0.2, -0.15) is 0 Å². The van der Waals surface area contributed by atoms with Crippen molar-refractivity contribution >= 4 is 38.1 Å². The molecule has 0 aliphatic heterocycles. The first-order chi connectivity index (χ1) is 15.8. The third kappa shape index (κ3) is 5.10. The Kier molecular flexibility index (Phi) is 6.52. The van der Waals surface area contributed by atoms with Crippen LogP contribution in [0.1, 0.15) is 11.1 Å². The highest BCUT2D eigenvalue weighted by atomic mass is 32.2. The maximum absolute atomic E-state index is 13.4. The van der Waals surface area contributed by atoms with Crippen LogP contribution in [0.4, 0.5) is 10.8 Å². The fourth-order valence-corrected chi connectivity index (χ4v) is 5.37. The molecule has 0 aliphatic rings. The molecule has 1 amide bonds. The number of amides is 1. The first-order valence-electron chi connectivity index (χ1n) is 10.2. The highest BCUT2D eigenvalue weighted by molar-refractivity contribution is 7.92. The summed E-state index contributed by atoms with van der Waals surface area (Å²) in [4.78, 5) is 13.0. The lowest BCUT2D eigenvalue weighted by molar-refractivity contribution is -0.114. The topological polar surface area (TPSA) is 92.3 Å². The highest BCUT2D eigenvalue weighted by Crippen LogP contribution is 2.28. The Hall–Kier alpha value is -3.56. The number of aromatic nitrogens is 2. The van der Waals surface area contributed by atoms with Crippen LogP contribution in [0.5, 0.6) is 0 Å². The minimum Gasteiger partial charge on any atom is -0.299 e. The molecule has 0 unspecified atom stereocenters. The summed E-state index contributed by atoms with van der Waals surface area (Å²) in [6.45, 7) is 3.44. The molecule has 3 aromatic carbocycles. The van der Waals surface area contributed by atoms with E-state index in [2.05, 4.69) is 15.5 Å². The smallest absolute Gasteiger partial charge is 0.264 e. The molecule has 33 heavy (non-hydrogen) atoms. The summed E-state index contributed by atoms with van der Waals surface area (Å²) in [5.41, 5.74) is 3.26. The van der Waals surface area contributed by atoms with Crippen LogP contribution < -0.4 is 9.62 Å². The summed E-state index contributed by atoms with van der Waals surface area (Å²) < 4.78 is 28.0. The maximum Gasteiger partial charge on any atom is 0.264 e. The Morgan fingerprint density at radius 1 is 0.909 bits per heavy atom. The summed E-state index contributed by atoms with van der Waals surface area (Å²) in [5, 5.41) is 11.8. The first-order valence-corrected chi connectivity index (χ1v) is 12.4. The Morgan fingerprint density at radius 2 is 1.58 bits per heavy atom. The molecule has 9 heteroatoms. The van der Waals surface area contributed by atoms with Crippen molar-refractivity contribution in [2.24, 2.45) is 0 Å². The minimum absolute atomic E-state index is 0.110. The van der Waals surface area contributed by atoms with Gasteiger partial charge in [0.2, 0.25) is 11.0 Å². The van der Waals surface area contributed by atoms with Crippen molar-refractivity contribution in [2.75, 3.05) is 16.2 Å². The lowest BCUT2D eigenvalue weighted by Gasteiger charge is -2.24. The Morgan fingerprint density at radius 3 is 2.24 bits per heavy atom. The van der Waals surface area contributed by atoms with E-state index in [4.69, 9.17) is 0 Å². The van der Waals surface area contributed by atoms with Crippen molar-refractivity contribution in [1.29, 1.82) is 0 Å². The molecular weight excluding hydrogens is 456 g/mol. The molecule has 0 spiro atoms. The van der Waals surface area contributed by atoms with E-state index in [1.165, 1.54) is 23.5 Å². The number of hydrogen-bond acceptors (Lipinski definition) is 6. The van der Waals surface area contributed by atoms with Crippen molar-refractivity contribution in [3.63, 3.8) is 0 Å². The van der Waals surface area contributed by atoms with E-state index in [1.807, 2.05) is 50.2 Å². The first kappa shape index (κ1) is 22.6. The van der Waals surface area contributed by atoms with Crippen molar-refractivity contribution in [2.45, 2.75) is 18.7 Å². The number of nitrogens with zero attached hydrogens (tertiary/aromatic N) is 3. The van der Waals surface area contributed by atoms with Crippen molar-refractivity contribution in [3.05, 3.63) is 90.0 Å². The number of benzene rings is 3. The largest absolute Gasteiger partial charge is 0.299 e. The standard InChI is InChI=1S/C24H22N4O3S2/c1-17-13-14-20(15-18(17)2)28(33(30,31)21-11-7-4-8-12-21)16-22(29)25-24-27-26-23(32-24)19-9-5-3-6-10-19/h3-15H,16H2,1-2H3,(H,25,27,29). The molecule has 0 radical (unpaired) electrons. The molecule has 4 rings (SSSR count). The van der Waals surface area contributed by atoms with Gasteiger partial charge < -0.3 is 0 Å². The normalized spacial score (nSPS) is 11.2. The average molecular weight is 479 g/mol. The van der Waals surface area contributed by atoms with Crippen LogP contribution in [0.3, 0.4) is 0 Å². The number of sulfonamides is 1. The van der Waals surface area contributed by atoms with Gasteiger partial charge in [-0.3, -0.25) is 14.4 Å². The van der Waals surface area contributed by atoms with Crippen LogP contribution in [-0.2, 0) is 14.8 Å². The van der Waals surface area contributed by atoms with E-state index in [9.17, 15) is 13.2 Å². The van der Waals surface area contributed by atoms with E-state index < -0.39 is 22.5 Å². The molecule has 0 atom stereocenters. The zero-order valence-electron chi connectivity index (χ0n) is 18.1. The van der Waals surface area contributed by atoms with Crippen molar-refractivity contribution < 1.29 is 13.2 Å². The predicted octanol–water partition coefficient (Wildman–Crippen LogP) is 4.66. The molecule has 1 N–H and O–H groups in total. The molecule has 168 valence electrons. The van der Waals surface area contributed by atoms with Gasteiger partial charge in [0.05, 0.1) is 10.6 Å². The fraction of sp³-hybridized carbons (Fsp3) is 0.125. The number of carbonyl (C=O) groups excluding carboxylic acids is 1. The van der Waals surface area contributed by atoms with Gasteiger partial charge in [-0.15, -0.1) is 10.2 Å². The molecular formula is C24H22N4O3S2. The van der Waals surface area contributed by atoms with Gasteiger partial charge in [0.15, 0.2) is 0 Å². The van der Waals surface area contributed by atoms with E-state index >= 15 is 0 Å². The monoisotopic (exact) mass is 478 g/mol. The van der Waals surface area contributed by atoms with E-state index in [0.29, 0.717) is 15.8 Å². The molecule has 0 saturated heterocycles. The van der Waals surface area contributed by atoms with Crippen LogP contribution in [0, 0.1) is 13.8 Å². The summed E-state index contributed by atoms with van der Waals surface area (Å²) >= 11 is 1.22. The van der Waals surface area contributed by atoms with Gasteiger partial charge in [0, 0.05) is 5.56 Å². The summed E-state index contributed by atoms with van der Waals surface area (Å²) in [7, 11) is -3.97. The predicted molar refractivity (Wildman–Crippen MR) is 131 cm³/mol. The molecule has 0 aliphatic carbocycles. The van der Waals surface area contributed by atoms with Gasteiger partial charge in [-0.1, -0.05) is 65.9 Å². The second kappa shape index (κ2) is 9.51. The second-order valence-electron chi connectivity index (χ2n) is 7.42. The van der Waals surface area contributed by atoms with Crippen LogP contribution in [0.25, 0.3) is 10.6 Å². The van der Waals surface area contributed by atoms with Gasteiger partial charge in [0.25, 0.3) is 10.0 Å². The van der Waals surface area contributed by atoms with Gasteiger partial charge in [-0.05, 0) is 49.2 Å². The number of anilines is 2. The highest BCUT2D eigenvalue weighted by Gasteiger charge is 2.27. The van der Waals surface area contributed by atoms with E-state index in [-0.39, 0.29) is 4.90 Å². The van der Waals surface area contributed by atoms with Crippen LogP contribution in [-0.4, -0.2) is 31.1 Å². The third-order valence-corrected chi connectivity index (χ3v) is 7.76. The van der Waals surface area contributed by atoms with Crippen LogP contribution in [0.15, 0.2) is 83.8 Å². The quantitative estimate of drug-likeness (QED) is 0.417. The van der Waals surface area contributed by atoms with E-state index in [0.717, 1.165) is 21.0 Å². The summed E-state index contributed by atoms with van der Waals surface area (Å²) in [6.07, 6.45) is 0. The second-order valence-corrected chi connectivity index (χ2v) is 10.3. The number of carbonyl (C=O) groups is 1. The Labute approximate surface area is 196 Å². The van der Waals surface area contributed by atoms with Crippen LogP contribution >= 0.6 is 11.3 Å². The molecule has 7 nitrogen and oxygen atoms in total. The number of nitrogens with one attached hydrogen (secondary N) is 1. The zero-order valence-corrected chi connectivity index (χ0v) is 19.7. The third-order valence-electron chi connectivity index (χ3n) is 5.09.